The van der Waals surface area contributed by atoms with Crippen molar-refractivity contribution in [2.45, 2.75) is 38.0 Å². The van der Waals surface area contributed by atoms with Crippen molar-refractivity contribution in [3.8, 4) is 5.75 Å². The van der Waals surface area contributed by atoms with Crippen LogP contribution in [0.25, 0.3) is 0 Å². The molecule has 3 aromatic rings. The summed E-state index contributed by atoms with van der Waals surface area (Å²) in [5.74, 6) is 0.283. The predicted molar refractivity (Wildman–Crippen MR) is 120 cm³/mol. The van der Waals surface area contributed by atoms with Gasteiger partial charge >= 0.3 is 5.97 Å². The van der Waals surface area contributed by atoms with Crippen molar-refractivity contribution in [3.05, 3.63) is 89.5 Å². The Bertz CT molecular complexity index is 983. The van der Waals surface area contributed by atoms with Gasteiger partial charge in [0.15, 0.2) is 6.61 Å². The van der Waals surface area contributed by atoms with Crippen LogP contribution in [0.3, 0.4) is 0 Å². The predicted octanol–water partition coefficient (Wildman–Crippen LogP) is 5.95. The molecule has 0 aromatic heterocycles. The maximum absolute atomic E-state index is 10.9. The molecule has 0 spiro atoms. The molecule has 2 N–H and O–H groups in total. The number of benzene rings is 3. The van der Waals surface area contributed by atoms with Gasteiger partial charge in [-0.3, -0.25) is 0 Å². The first-order chi connectivity index (χ1) is 14.7. The smallest absolute Gasteiger partial charge is 0.341 e. The molecule has 0 saturated carbocycles. The fraction of sp³-hybridized carbons (Fsp3) is 0.269. The number of anilines is 2. The van der Waals surface area contributed by atoms with E-state index < -0.39 is 5.97 Å². The molecule has 1 unspecified atom stereocenters. The zero-order valence-corrected chi connectivity index (χ0v) is 17.0. The van der Waals surface area contributed by atoms with Gasteiger partial charge in [0.25, 0.3) is 0 Å². The van der Waals surface area contributed by atoms with Crippen LogP contribution in [0.5, 0.6) is 5.75 Å². The molecule has 1 atom stereocenters. The van der Waals surface area contributed by atoms with Gasteiger partial charge in [0, 0.05) is 11.4 Å². The summed E-state index contributed by atoms with van der Waals surface area (Å²) in [6.45, 7) is -0.287. The van der Waals surface area contributed by atoms with Crippen LogP contribution < -0.4 is 10.1 Å². The minimum Gasteiger partial charge on any atom is -0.482 e. The summed E-state index contributed by atoms with van der Waals surface area (Å²) >= 11 is 0. The number of hydrogen-bond donors (Lipinski definition) is 2. The second-order valence-corrected chi connectivity index (χ2v) is 7.82. The van der Waals surface area contributed by atoms with Crippen molar-refractivity contribution in [2.75, 3.05) is 11.9 Å². The third kappa shape index (κ3) is 5.01. The number of para-hydroxylation sites is 1. The monoisotopic (exact) mass is 401 g/mol. The summed E-state index contributed by atoms with van der Waals surface area (Å²) in [7, 11) is 0. The van der Waals surface area contributed by atoms with Gasteiger partial charge < -0.3 is 15.2 Å². The maximum Gasteiger partial charge on any atom is 0.341 e. The van der Waals surface area contributed by atoms with Gasteiger partial charge in [-0.05, 0) is 85.0 Å². The van der Waals surface area contributed by atoms with E-state index in [2.05, 4.69) is 47.8 Å². The minimum atomic E-state index is -0.940. The van der Waals surface area contributed by atoms with Crippen LogP contribution in [0.4, 0.5) is 11.4 Å². The molecule has 4 rings (SSSR count). The zero-order chi connectivity index (χ0) is 20.8. The van der Waals surface area contributed by atoms with Gasteiger partial charge in [0.05, 0.1) is 0 Å². The van der Waals surface area contributed by atoms with E-state index in [1.807, 2.05) is 30.3 Å². The number of fused-ring (bicyclic) bond motifs is 1. The summed E-state index contributed by atoms with van der Waals surface area (Å²) in [5.41, 5.74) is 6.03. The Morgan fingerprint density at radius 3 is 2.50 bits per heavy atom. The molecule has 4 heteroatoms. The molecule has 0 saturated heterocycles. The Morgan fingerprint density at radius 1 is 0.967 bits per heavy atom. The third-order valence-electron chi connectivity index (χ3n) is 5.74. The van der Waals surface area contributed by atoms with Gasteiger partial charge in [-0.1, -0.05) is 42.5 Å². The summed E-state index contributed by atoms with van der Waals surface area (Å²) in [4.78, 5) is 10.9. The summed E-state index contributed by atoms with van der Waals surface area (Å²) in [6.07, 6.45) is 5.35. The lowest BCUT2D eigenvalue weighted by Gasteiger charge is -2.27. The molecule has 0 radical (unpaired) electrons. The SMILES string of the molecule is O=C(O)COc1cccc2c1CCCC2CCc1ccc(Nc2ccccc2)cc1. The van der Waals surface area contributed by atoms with Crippen molar-refractivity contribution in [3.63, 3.8) is 0 Å². The highest BCUT2D eigenvalue weighted by Crippen LogP contribution is 2.39. The zero-order valence-electron chi connectivity index (χ0n) is 17.0. The van der Waals surface area contributed by atoms with Gasteiger partial charge in [-0.25, -0.2) is 4.79 Å². The van der Waals surface area contributed by atoms with Crippen molar-refractivity contribution in [1.82, 2.24) is 0 Å². The second-order valence-electron chi connectivity index (χ2n) is 7.82. The summed E-state index contributed by atoms with van der Waals surface area (Å²) in [6, 6.07) is 24.9. The van der Waals surface area contributed by atoms with E-state index in [1.165, 1.54) is 23.1 Å². The van der Waals surface area contributed by atoms with Crippen molar-refractivity contribution >= 4 is 17.3 Å². The summed E-state index contributed by atoms with van der Waals surface area (Å²) < 4.78 is 5.53. The Hall–Kier alpha value is -3.27. The number of ether oxygens (including phenoxy) is 1. The van der Waals surface area contributed by atoms with E-state index in [9.17, 15) is 4.79 Å². The van der Waals surface area contributed by atoms with E-state index in [0.29, 0.717) is 5.92 Å². The molecule has 0 aliphatic heterocycles. The van der Waals surface area contributed by atoms with Crippen LogP contribution in [0.2, 0.25) is 0 Å². The lowest BCUT2D eigenvalue weighted by atomic mass is 9.79. The van der Waals surface area contributed by atoms with Gasteiger partial charge in [-0.15, -0.1) is 0 Å². The Labute approximate surface area is 177 Å². The number of carboxylic acid groups (broad SMARTS) is 1. The van der Waals surface area contributed by atoms with E-state index in [1.54, 1.807) is 0 Å². The average Bonchev–Trinajstić information content (AvgIpc) is 2.78. The highest BCUT2D eigenvalue weighted by molar-refractivity contribution is 5.68. The molecule has 0 fully saturated rings. The lowest BCUT2D eigenvalue weighted by molar-refractivity contribution is -0.139. The third-order valence-corrected chi connectivity index (χ3v) is 5.74. The Morgan fingerprint density at radius 2 is 1.73 bits per heavy atom. The Balaban J connectivity index is 1.39. The molecule has 1 aliphatic carbocycles. The number of carbonyl (C=O) groups is 1. The average molecular weight is 402 g/mol. The fourth-order valence-corrected chi connectivity index (χ4v) is 4.27. The maximum atomic E-state index is 10.9. The molecule has 3 aromatic carbocycles. The molecule has 0 heterocycles. The lowest BCUT2D eigenvalue weighted by Crippen LogP contribution is -2.15. The molecule has 0 amide bonds. The first-order valence-electron chi connectivity index (χ1n) is 10.6. The molecule has 1 aliphatic rings. The van der Waals surface area contributed by atoms with E-state index in [-0.39, 0.29) is 6.61 Å². The normalized spacial score (nSPS) is 15.3. The van der Waals surface area contributed by atoms with E-state index in [0.717, 1.165) is 42.8 Å². The minimum absolute atomic E-state index is 0.287. The van der Waals surface area contributed by atoms with Crippen LogP contribution in [-0.4, -0.2) is 17.7 Å². The molecule has 30 heavy (non-hydrogen) atoms. The number of hydrogen-bond acceptors (Lipinski definition) is 3. The molecular weight excluding hydrogens is 374 g/mol. The standard InChI is InChI=1S/C26H27NO3/c28-26(29)18-30-25-11-5-9-23-20(6-4-10-24(23)25)15-12-19-13-16-22(17-14-19)27-21-7-2-1-3-8-21/h1-3,5,7-9,11,13-14,16-17,20,27H,4,6,10,12,15,18H2,(H,28,29). The van der Waals surface area contributed by atoms with Gasteiger partial charge in [-0.2, -0.15) is 0 Å². The largest absolute Gasteiger partial charge is 0.482 e. The van der Waals surface area contributed by atoms with Crippen LogP contribution >= 0.6 is 0 Å². The van der Waals surface area contributed by atoms with Crippen molar-refractivity contribution in [1.29, 1.82) is 0 Å². The van der Waals surface area contributed by atoms with E-state index in [4.69, 9.17) is 9.84 Å². The van der Waals surface area contributed by atoms with E-state index >= 15 is 0 Å². The van der Waals surface area contributed by atoms with Crippen LogP contribution in [0, 0.1) is 0 Å². The molecule has 154 valence electrons. The molecule has 0 bridgehead atoms. The summed E-state index contributed by atoms with van der Waals surface area (Å²) in [5, 5.41) is 12.3. The first-order valence-corrected chi connectivity index (χ1v) is 10.6. The van der Waals surface area contributed by atoms with Crippen LogP contribution in [-0.2, 0) is 17.6 Å². The van der Waals surface area contributed by atoms with Gasteiger partial charge in [0.1, 0.15) is 5.75 Å². The molecule has 4 nitrogen and oxygen atoms in total. The van der Waals surface area contributed by atoms with Crippen LogP contribution in [0.1, 0.15) is 41.9 Å². The van der Waals surface area contributed by atoms with Crippen LogP contribution in [0.15, 0.2) is 72.8 Å². The molecular formula is C26H27NO3. The quantitative estimate of drug-likeness (QED) is 0.490. The number of carboxylic acids is 1. The fourth-order valence-electron chi connectivity index (χ4n) is 4.27. The number of nitrogens with one attached hydrogen (secondary N) is 1. The number of aryl methyl sites for hydroxylation is 1. The number of rotatable bonds is 8. The van der Waals surface area contributed by atoms with Gasteiger partial charge in [0.2, 0.25) is 0 Å². The number of aliphatic carboxylic acids is 1. The Kier molecular flexibility index (Phi) is 6.33. The highest BCUT2D eigenvalue weighted by atomic mass is 16.5. The second kappa shape index (κ2) is 9.49. The van der Waals surface area contributed by atoms with Crippen molar-refractivity contribution < 1.29 is 14.6 Å². The highest BCUT2D eigenvalue weighted by Gasteiger charge is 2.23. The topological polar surface area (TPSA) is 58.6 Å². The first kappa shape index (κ1) is 20.0. The van der Waals surface area contributed by atoms with Crippen molar-refractivity contribution in [2.24, 2.45) is 0 Å².